The molecule has 0 fully saturated rings. The monoisotopic (exact) mass is 491 g/mol. The second kappa shape index (κ2) is 16.6. The van der Waals surface area contributed by atoms with Crippen molar-refractivity contribution in [2.45, 2.75) is 78.1 Å². The fraction of sp³-hybridized carbons (Fsp3) is 0.343. The molecule has 194 valence electrons. The Labute approximate surface area is 226 Å². The van der Waals surface area contributed by atoms with Crippen LogP contribution < -0.4 is 21.0 Å². The van der Waals surface area contributed by atoms with Crippen LogP contribution in [0.1, 0.15) is 65.2 Å². The summed E-state index contributed by atoms with van der Waals surface area (Å²) in [5, 5.41) is 0. The Bertz CT molecular complexity index is 985. The van der Waals surface area contributed by atoms with E-state index >= 15 is 0 Å². The molecular formula is C35H46BN. The van der Waals surface area contributed by atoms with E-state index in [-0.39, 0.29) is 0 Å². The first-order chi connectivity index (χ1) is 18.3. The molecule has 0 amide bonds. The summed E-state index contributed by atoms with van der Waals surface area (Å²) in [6.07, 6.45) is 15.3. The number of aromatic nitrogens is 1. The van der Waals surface area contributed by atoms with Crippen LogP contribution in [0.4, 0.5) is 0 Å². The molecule has 0 radical (unpaired) electrons. The normalized spacial score (nSPS) is 11.0. The molecule has 0 atom stereocenters. The van der Waals surface area contributed by atoms with E-state index in [0.717, 1.165) is 0 Å². The number of pyridine rings is 1. The third-order valence-electron chi connectivity index (χ3n) is 7.64. The minimum atomic E-state index is -0.913. The zero-order valence-corrected chi connectivity index (χ0v) is 23.1. The van der Waals surface area contributed by atoms with E-state index < -0.39 is 6.15 Å². The van der Waals surface area contributed by atoms with Gasteiger partial charge in [0.2, 0.25) is 0 Å². The maximum atomic E-state index is 2.30. The van der Waals surface area contributed by atoms with Crippen molar-refractivity contribution in [2.75, 3.05) is 0 Å². The Morgan fingerprint density at radius 2 is 0.865 bits per heavy atom. The zero-order valence-electron chi connectivity index (χ0n) is 23.1. The summed E-state index contributed by atoms with van der Waals surface area (Å²) in [5.41, 5.74) is 4.33. The van der Waals surface area contributed by atoms with Crippen molar-refractivity contribution in [1.29, 1.82) is 0 Å². The van der Waals surface area contributed by atoms with E-state index in [4.69, 9.17) is 0 Å². The van der Waals surface area contributed by atoms with Crippen LogP contribution in [0.15, 0.2) is 122 Å². The largest absolute Gasteiger partial charge is 0.205 e. The van der Waals surface area contributed by atoms with Crippen LogP contribution in [0.5, 0.6) is 0 Å². The van der Waals surface area contributed by atoms with Gasteiger partial charge in [-0.05, 0) is 6.42 Å². The van der Waals surface area contributed by atoms with Crippen LogP contribution in [0.25, 0.3) is 0 Å². The van der Waals surface area contributed by atoms with E-state index in [0.29, 0.717) is 0 Å². The number of aryl methyl sites for hydroxylation is 1. The summed E-state index contributed by atoms with van der Waals surface area (Å²) in [6.45, 7) is 5.72. The van der Waals surface area contributed by atoms with Gasteiger partial charge in [0, 0.05) is 18.6 Å². The highest BCUT2D eigenvalue weighted by molar-refractivity contribution is 7.11. The van der Waals surface area contributed by atoms with Crippen molar-refractivity contribution in [3.63, 3.8) is 0 Å². The van der Waals surface area contributed by atoms with E-state index in [1.54, 1.807) is 0 Å². The predicted octanol–water partition coefficient (Wildman–Crippen LogP) is 7.29. The van der Waals surface area contributed by atoms with Crippen LogP contribution in [-0.4, -0.2) is 6.15 Å². The minimum Gasteiger partial charge on any atom is -0.205 e. The lowest BCUT2D eigenvalue weighted by Crippen LogP contribution is -2.66. The molecule has 0 aliphatic heterocycles. The average molecular weight is 492 g/mol. The molecule has 1 nitrogen and oxygen atoms in total. The number of unbranched alkanes of at least 4 members (excludes halogenated alkanes) is 6. The van der Waals surface area contributed by atoms with Crippen molar-refractivity contribution in [1.82, 2.24) is 0 Å². The summed E-state index contributed by atoms with van der Waals surface area (Å²) in [5.74, 6) is 0. The standard InChI is InChI=1S/C22H24B.C13H22N/c1-2-3-19-23(20-13-7-4-8-14-20,21-15-9-5-10-16-21)22-17-11-6-12-18-22;1-2-3-4-5-6-8-11-14-12-9-7-10-13-14/h4-18H,2-3,19H2,1H3;7,9-10,12-13H,2-6,8,11H2,1H3/q-1;+1. The summed E-state index contributed by atoms with van der Waals surface area (Å²) < 4.78 is 2.26. The number of benzene rings is 3. The fourth-order valence-corrected chi connectivity index (χ4v) is 5.59. The van der Waals surface area contributed by atoms with Gasteiger partial charge in [0.15, 0.2) is 12.4 Å². The van der Waals surface area contributed by atoms with E-state index in [9.17, 15) is 0 Å². The molecule has 0 spiro atoms. The Hall–Kier alpha value is -3.13. The molecule has 0 bridgehead atoms. The molecule has 1 heterocycles. The van der Waals surface area contributed by atoms with Crippen LogP contribution in [0.2, 0.25) is 6.32 Å². The fourth-order valence-electron chi connectivity index (χ4n) is 5.59. The van der Waals surface area contributed by atoms with Crippen molar-refractivity contribution in [3.05, 3.63) is 122 Å². The summed E-state index contributed by atoms with van der Waals surface area (Å²) >= 11 is 0. The van der Waals surface area contributed by atoms with Gasteiger partial charge in [-0.3, -0.25) is 0 Å². The molecule has 0 aliphatic carbocycles. The SMILES string of the molecule is CCCCCCCC[n+]1ccccc1.CCCC[B-](c1ccccc1)(c1ccccc1)c1ccccc1. The highest BCUT2D eigenvalue weighted by atomic mass is 14.9. The molecule has 0 saturated heterocycles. The molecule has 0 aliphatic rings. The number of nitrogens with zero attached hydrogens (tertiary/aromatic N) is 1. The van der Waals surface area contributed by atoms with Gasteiger partial charge in [0.25, 0.3) is 0 Å². The Morgan fingerprint density at radius 3 is 1.32 bits per heavy atom. The van der Waals surface area contributed by atoms with Crippen molar-refractivity contribution in [2.24, 2.45) is 0 Å². The first-order valence-electron chi connectivity index (χ1n) is 14.6. The van der Waals surface area contributed by atoms with Gasteiger partial charge in [0.1, 0.15) is 6.54 Å². The highest BCUT2D eigenvalue weighted by Gasteiger charge is 2.28. The summed E-state index contributed by atoms with van der Waals surface area (Å²) in [7, 11) is 0. The Morgan fingerprint density at radius 1 is 0.459 bits per heavy atom. The number of hydrogen-bond acceptors (Lipinski definition) is 0. The molecule has 4 rings (SSSR count). The Balaban J connectivity index is 0.000000233. The second-order valence-electron chi connectivity index (χ2n) is 10.3. The maximum Gasteiger partial charge on any atom is 0.168 e. The Kier molecular flexibility index (Phi) is 12.8. The molecule has 4 aromatic rings. The number of hydrogen-bond donors (Lipinski definition) is 0. The first kappa shape index (κ1) is 28.4. The van der Waals surface area contributed by atoms with Gasteiger partial charge in [-0.15, -0.1) is 0 Å². The molecule has 1 aromatic heterocycles. The summed E-state index contributed by atoms with van der Waals surface area (Å²) in [4.78, 5) is 0. The van der Waals surface area contributed by atoms with Gasteiger partial charge in [-0.25, -0.2) is 4.57 Å². The van der Waals surface area contributed by atoms with Gasteiger partial charge < -0.3 is 0 Å². The lowest BCUT2D eigenvalue weighted by molar-refractivity contribution is -0.697. The molecular weight excluding hydrogens is 445 g/mol. The molecule has 3 aromatic carbocycles. The smallest absolute Gasteiger partial charge is 0.168 e. The highest BCUT2D eigenvalue weighted by Crippen LogP contribution is 2.16. The van der Waals surface area contributed by atoms with E-state index in [1.807, 2.05) is 0 Å². The first-order valence-corrected chi connectivity index (χ1v) is 14.6. The third kappa shape index (κ3) is 8.74. The van der Waals surface area contributed by atoms with Crippen molar-refractivity contribution < 1.29 is 4.57 Å². The van der Waals surface area contributed by atoms with E-state index in [2.05, 4.69) is 140 Å². The maximum absolute atomic E-state index is 2.30. The lowest BCUT2D eigenvalue weighted by Gasteiger charge is -2.43. The van der Waals surface area contributed by atoms with Crippen LogP contribution in [-0.2, 0) is 6.54 Å². The van der Waals surface area contributed by atoms with Gasteiger partial charge in [-0.2, -0.15) is 22.7 Å². The van der Waals surface area contributed by atoms with Crippen molar-refractivity contribution >= 4 is 22.5 Å². The van der Waals surface area contributed by atoms with E-state index in [1.165, 1.54) is 80.6 Å². The minimum absolute atomic E-state index is 0.913. The third-order valence-corrected chi connectivity index (χ3v) is 7.64. The predicted molar refractivity (Wildman–Crippen MR) is 164 cm³/mol. The van der Waals surface area contributed by atoms with Crippen molar-refractivity contribution in [3.8, 4) is 0 Å². The number of rotatable bonds is 13. The molecule has 37 heavy (non-hydrogen) atoms. The molecule has 0 saturated carbocycles. The van der Waals surface area contributed by atoms with Crippen LogP contribution >= 0.6 is 0 Å². The van der Waals surface area contributed by atoms with Gasteiger partial charge in [0.05, 0.1) is 6.15 Å². The van der Waals surface area contributed by atoms with Gasteiger partial charge >= 0.3 is 0 Å². The average Bonchev–Trinajstić information content (AvgIpc) is 2.98. The summed E-state index contributed by atoms with van der Waals surface area (Å²) in [6, 6.07) is 39.4. The lowest BCUT2D eigenvalue weighted by atomic mass is 9.14. The molecule has 0 N–H and O–H groups in total. The topological polar surface area (TPSA) is 3.88 Å². The second-order valence-corrected chi connectivity index (χ2v) is 10.3. The van der Waals surface area contributed by atoms with Crippen LogP contribution in [0, 0.1) is 0 Å². The zero-order chi connectivity index (χ0) is 26.0. The quantitative estimate of drug-likeness (QED) is 0.105. The molecule has 0 unspecified atom stereocenters. The molecule has 2 heteroatoms. The van der Waals surface area contributed by atoms with Crippen LogP contribution in [0.3, 0.4) is 0 Å². The van der Waals surface area contributed by atoms with Gasteiger partial charge in [-0.1, -0.05) is 149 Å².